The number of hydrogen-bond acceptors (Lipinski definition) is 3. The number of carbonyl (C=O) groups excluding carboxylic acids is 1. The second-order valence-corrected chi connectivity index (χ2v) is 7.04. The Kier molecular flexibility index (Phi) is 11.7. The van der Waals surface area contributed by atoms with Crippen LogP contribution < -0.4 is 16.0 Å². The first-order valence-corrected chi connectivity index (χ1v) is 10.1. The number of benzene rings is 1. The summed E-state index contributed by atoms with van der Waals surface area (Å²) in [6, 6.07) is 8.10. The minimum atomic E-state index is -0.299. The molecule has 0 saturated carbocycles. The van der Waals surface area contributed by atoms with Gasteiger partial charge in [0.05, 0.1) is 6.42 Å². The number of guanidine groups is 1. The van der Waals surface area contributed by atoms with Gasteiger partial charge in [0.25, 0.3) is 0 Å². The highest BCUT2D eigenvalue weighted by molar-refractivity contribution is 14.0. The molecule has 1 atom stereocenters. The van der Waals surface area contributed by atoms with Crippen molar-refractivity contribution < 1.29 is 9.18 Å². The lowest BCUT2D eigenvalue weighted by Crippen LogP contribution is -2.42. The molecule has 8 heteroatoms. The van der Waals surface area contributed by atoms with E-state index in [0.29, 0.717) is 25.6 Å². The maximum atomic E-state index is 12.9. The third kappa shape index (κ3) is 9.01. The molecule has 1 unspecified atom stereocenters. The van der Waals surface area contributed by atoms with Gasteiger partial charge in [0.2, 0.25) is 5.91 Å². The van der Waals surface area contributed by atoms with E-state index in [-0.39, 0.29) is 42.1 Å². The number of nitrogens with zero attached hydrogens (tertiary/aromatic N) is 1. The van der Waals surface area contributed by atoms with Crippen molar-refractivity contribution in [1.29, 1.82) is 0 Å². The van der Waals surface area contributed by atoms with E-state index in [4.69, 9.17) is 0 Å². The lowest BCUT2D eigenvalue weighted by Gasteiger charge is -2.13. The Bertz CT molecular complexity index is 722. The van der Waals surface area contributed by atoms with Crippen molar-refractivity contribution in [3.8, 4) is 0 Å². The van der Waals surface area contributed by atoms with Gasteiger partial charge in [-0.2, -0.15) is 11.3 Å². The molecular weight excluding hydrogens is 490 g/mol. The van der Waals surface area contributed by atoms with Crippen LogP contribution in [0.25, 0.3) is 0 Å². The third-order valence-corrected chi connectivity index (χ3v) is 4.70. The average Bonchev–Trinajstić information content (AvgIpc) is 3.19. The highest BCUT2D eigenvalue weighted by atomic mass is 127. The van der Waals surface area contributed by atoms with Crippen LogP contribution in [0.1, 0.15) is 30.9 Å². The number of aliphatic imine (C=N–C) groups is 1. The number of rotatable bonds is 9. The lowest BCUT2D eigenvalue weighted by molar-refractivity contribution is -0.120. The highest BCUT2D eigenvalue weighted by Crippen LogP contribution is 2.18. The van der Waals surface area contributed by atoms with Crippen LogP contribution in [0, 0.1) is 5.82 Å². The summed E-state index contributed by atoms with van der Waals surface area (Å²) >= 11 is 1.69. The Balaban J connectivity index is 0.00000392. The van der Waals surface area contributed by atoms with Gasteiger partial charge < -0.3 is 16.0 Å². The SMILES string of the molecule is CCNC(=NCC(C)c1ccsc1)NCCNC(=O)Cc1ccc(F)cc1.I. The molecule has 1 amide bonds. The van der Waals surface area contributed by atoms with Crippen molar-refractivity contribution in [2.45, 2.75) is 26.2 Å². The van der Waals surface area contributed by atoms with E-state index < -0.39 is 0 Å². The maximum absolute atomic E-state index is 12.9. The number of nitrogens with one attached hydrogen (secondary N) is 3. The van der Waals surface area contributed by atoms with Gasteiger partial charge in [-0.15, -0.1) is 24.0 Å². The second kappa shape index (κ2) is 13.5. The summed E-state index contributed by atoms with van der Waals surface area (Å²) < 4.78 is 12.9. The van der Waals surface area contributed by atoms with E-state index in [9.17, 15) is 9.18 Å². The third-order valence-electron chi connectivity index (χ3n) is 4.00. The quantitative estimate of drug-likeness (QED) is 0.206. The van der Waals surface area contributed by atoms with Crippen LogP contribution in [0.15, 0.2) is 46.1 Å². The Hall–Kier alpha value is -1.68. The fraction of sp³-hybridized carbons (Fsp3) is 0.400. The molecule has 0 aliphatic heterocycles. The van der Waals surface area contributed by atoms with Crippen LogP contribution in [0.2, 0.25) is 0 Å². The summed E-state index contributed by atoms with van der Waals surface area (Å²) in [6.45, 7) is 6.71. The number of amides is 1. The lowest BCUT2D eigenvalue weighted by atomic mass is 10.1. The highest BCUT2D eigenvalue weighted by Gasteiger charge is 2.06. The van der Waals surface area contributed by atoms with E-state index in [0.717, 1.165) is 18.1 Å². The van der Waals surface area contributed by atoms with E-state index in [1.54, 1.807) is 23.5 Å². The summed E-state index contributed by atoms with van der Waals surface area (Å²) in [7, 11) is 0. The molecule has 2 rings (SSSR count). The van der Waals surface area contributed by atoms with Crippen LogP contribution in [-0.2, 0) is 11.2 Å². The molecule has 28 heavy (non-hydrogen) atoms. The molecule has 1 aromatic heterocycles. The van der Waals surface area contributed by atoms with Gasteiger partial charge in [0.15, 0.2) is 5.96 Å². The minimum absolute atomic E-state index is 0. The Labute approximate surface area is 187 Å². The van der Waals surface area contributed by atoms with Gasteiger partial charge in [-0.25, -0.2) is 4.39 Å². The number of halogens is 2. The van der Waals surface area contributed by atoms with Crippen LogP contribution in [-0.4, -0.2) is 38.0 Å². The molecule has 0 aliphatic carbocycles. The van der Waals surface area contributed by atoms with Crippen molar-refractivity contribution >= 4 is 47.2 Å². The van der Waals surface area contributed by atoms with E-state index in [1.807, 2.05) is 6.92 Å². The van der Waals surface area contributed by atoms with E-state index in [2.05, 4.69) is 44.7 Å². The van der Waals surface area contributed by atoms with E-state index in [1.165, 1.54) is 17.7 Å². The Morgan fingerprint density at radius 2 is 1.86 bits per heavy atom. The summed E-state index contributed by atoms with van der Waals surface area (Å²) in [5.41, 5.74) is 2.09. The number of carbonyl (C=O) groups is 1. The largest absolute Gasteiger partial charge is 0.357 e. The van der Waals surface area contributed by atoms with Crippen LogP contribution in [0.5, 0.6) is 0 Å². The van der Waals surface area contributed by atoms with Crippen LogP contribution in [0.3, 0.4) is 0 Å². The van der Waals surface area contributed by atoms with Crippen LogP contribution in [0.4, 0.5) is 4.39 Å². The molecule has 1 heterocycles. The minimum Gasteiger partial charge on any atom is -0.357 e. The molecule has 0 saturated heterocycles. The fourth-order valence-electron chi connectivity index (χ4n) is 2.46. The zero-order valence-electron chi connectivity index (χ0n) is 16.2. The summed E-state index contributed by atoms with van der Waals surface area (Å²) in [6.07, 6.45) is 0.243. The predicted octanol–water partition coefficient (Wildman–Crippen LogP) is 3.52. The maximum Gasteiger partial charge on any atom is 0.224 e. The van der Waals surface area contributed by atoms with Gasteiger partial charge in [-0.1, -0.05) is 19.1 Å². The Morgan fingerprint density at radius 1 is 1.14 bits per heavy atom. The number of hydrogen-bond donors (Lipinski definition) is 3. The normalized spacial score (nSPS) is 12.0. The monoisotopic (exact) mass is 518 g/mol. The van der Waals surface area contributed by atoms with Crippen molar-refractivity contribution in [2.24, 2.45) is 4.99 Å². The first-order valence-electron chi connectivity index (χ1n) is 9.14. The number of thiophene rings is 1. The molecular formula is C20H28FIN4OS. The summed E-state index contributed by atoms with van der Waals surface area (Å²) in [5.74, 6) is 0.720. The molecule has 0 fully saturated rings. The zero-order chi connectivity index (χ0) is 19.5. The standard InChI is InChI=1S/C20H27FN4OS.HI/c1-3-22-20(25-13-15(2)17-8-11-27-14-17)24-10-9-23-19(26)12-16-4-6-18(21)7-5-16;/h4-8,11,14-15H,3,9-10,12-13H2,1-2H3,(H,23,26)(H2,22,24,25);1H. The molecule has 0 spiro atoms. The summed E-state index contributed by atoms with van der Waals surface area (Å²) in [4.78, 5) is 16.5. The predicted molar refractivity (Wildman–Crippen MR) is 125 cm³/mol. The molecule has 1 aromatic carbocycles. The molecule has 154 valence electrons. The van der Waals surface area contributed by atoms with Crippen molar-refractivity contribution in [2.75, 3.05) is 26.2 Å². The molecule has 0 aliphatic rings. The van der Waals surface area contributed by atoms with Crippen molar-refractivity contribution in [1.82, 2.24) is 16.0 Å². The molecule has 3 N–H and O–H groups in total. The van der Waals surface area contributed by atoms with Crippen LogP contribution >= 0.6 is 35.3 Å². The van der Waals surface area contributed by atoms with Gasteiger partial charge in [0, 0.05) is 32.1 Å². The summed E-state index contributed by atoms with van der Waals surface area (Å²) in [5, 5.41) is 13.5. The molecule has 5 nitrogen and oxygen atoms in total. The second-order valence-electron chi connectivity index (χ2n) is 6.26. The van der Waals surface area contributed by atoms with Gasteiger partial charge in [-0.05, 0) is 47.0 Å². The first kappa shape index (κ1) is 24.4. The molecule has 0 radical (unpaired) electrons. The Morgan fingerprint density at radius 3 is 2.50 bits per heavy atom. The van der Waals surface area contributed by atoms with Gasteiger partial charge >= 0.3 is 0 Å². The smallest absolute Gasteiger partial charge is 0.224 e. The first-order chi connectivity index (χ1) is 13.1. The van der Waals surface area contributed by atoms with Gasteiger partial charge in [0.1, 0.15) is 5.82 Å². The van der Waals surface area contributed by atoms with Crippen molar-refractivity contribution in [3.63, 3.8) is 0 Å². The topological polar surface area (TPSA) is 65.5 Å². The molecule has 2 aromatic rings. The average molecular weight is 518 g/mol. The van der Waals surface area contributed by atoms with E-state index >= 15 is 0 Å². The van der Waals surface area contributed by atoms with Crippen molar-refractivity contribution in [3.05, 3.63) is 58.0 Å². The fourth-order valence-corrected chi connectivity index (χ4v) is 3.25. The van der Waals surface area contributed by atoms with Gasteiger partial charge in [-0.3, -0.25) is 9.79 Å². The zero-order valence-corrected chi connectivity index (χ0v) is 19.4. The molecule has 0 bridgehead atoms.